The Morgan fingerprint density at radius 1 is 1.28 bits per heavy atom. The number of nitrogens with one attached hydrogen (secondary N) is 1. The van der Waals surface area contributed by atoms with E-state index >= 15 is 0 Å². The van der Waals surface area contributed by atoms with E-state index in [1.165, 1.54) is 12.6 Å². The first-order valence-corrected chi connectivity index (χ1v) is 5.78. The molecule has 0 bridgehead atoms. The number of carbonyl (C=O) groups is 1. The van der Waals surface area contributed by atoms with Gasteiger partial charge in [-0.15, -0.1) is 0 Å². The molecule has 0 aliphatic carbocycles. The third-order valence-electron chi connectivity index (χ3n) is 2.64. The molecule has 4 heteroatoms. The summed E-state index contributed by atoms with van der Waals surface area (Å²) in [7, 11) is 0. The Morgan fingerprint density at radius 2 is 2.00 bits per heavy atom. The second kappa shape index (κ2) is 4.64. The lowest BCUT2D eigenvalue weighted by atomic mass is 9.86. The molecule has 0 spiro atoms. The lowest BCUT2D eigenvalue weighted by molar-refractivity contribution is 0.0996. The summed E-state index contributed by atoms with van der Waals surface area (Å²) in [5, 5.41) is 2.85. The van der Waals surface area contributed by atoms with Crippen LogP contribution < -0.4 is 5.32 Å². The molecule has 4 nitrogen and oxygen atoms in total. The maximum atomic E-state index is 11.9. The molecule has 0 aliphatic rings. The largest absolute Gasteiger partial charge is 0.438 e. The average molecular weight is 244 g/mol. The number of anilines is 1. The van der Waals surface area contributed by atoms with E-state index in [1.54, 1.807) is 0 Å². The second-order valence-corrected chi connectivity index (χ2v) is 5.12. The van der Waals surface area contributed by atoms with E-state index in [1.807, 2.05) is 24.3 Å². The van der Waals surface area contributed by atoms with Gasteiger partial charge in [0.2, 0.25) is 5.76 Å². The van der Waals surface area contributed by atoms with Gasteiger partial charge >= 0.3 is 0 Å². The number of hydrogen-bond acceptors (Lipinski definition) is 3. The Kier molecular flexibility index (Phi) is 3.19. The predicted octanol–water partition coefficient (Wildman–Crippen LogP) is 3.22. The number of benzene rings is 1. The smallest absolute Gasteiger partial charge is 0.293 e. The van der Waals surface area contributed by atoms with Crippen molar-refractivity contribution in [3.05, 3.63) is 48.2 Å². The SMILES string of the molecule is CC(C)(C)c1ccccc1NC(=O)c1cnco1. The first-order valence-electron chi connectivity index (χ1n) is 5.78. The summed E-state index contributed by atoms with van der Waals surface area (Å²) in [6.07, 6.45) is 2.64. The Hall–Kier alpha value is -2.10. The van der Waals surface area contributed by atoms with Crippen molar-refractivity contribution < 1.29 is 9.21 Å². The summed E-state index contributed by atoms with van der Waals surface area (Å²) in [5.41, 5.74) is 1.84. The van der Waals surface area contributed by atoms with Gasteiger partial charge in [0.25, 0.3) is 5.91 Å². The van der Waals surface area contributed by atoms with Crippen LogP contribution in [0.5, 0.6) is 0 Å². The normalized spacial score (nSPS) is 11.3. The molecule has 1 N–H and O–H groups in total. The fourth-order valence-electron chi connectivity index (χ4n) is 1.76. The molecule has 2 rings (SSSR count). The summed E-state index contributed by atoms with van der Waals surface area (Å²) in [5.74, 6) is -0.0806. The highest BCUT2D eigenvalue weighted by atomic mass is 16.3. The molecular formula is C14H16N2O2. The molecule has 1 aromatic carbocycles. The zero-order chi connectivity index (χ0) is 13.2. The van der Waals surface area contributed by atoms with Gasteiger partial charge in [-0.3, -0.25) is 4.79 Å². The van der Waals surface area contributed by atoms with E-state index in [4.69, 9.17) is 4.42 Å². The molecule has 18 heavy (non-hydrogen) atoms. The van der Waals surface area contributed by atoms with Gasteiger partial charge in [0.05, 0.1) is 6.20 Å². The van der Waals surface area contributed by atoms with Crippen LogP contribution in [0.15, 0.2) is 41.3 Å². The monoisotopic (exact) mass is 244 g/mol. The third kappa shape index (κ3) is 2.59. The van der Waals surface area contributed by atoms with Gasteiger partial charge in [-0.05, 0) is 17.0 Å². The minimum atomic E-state index is -0.288. The molecule has 0 unspecified atom stereocenters. The standard InChI is InChI=1S/C14H16N2O2/c1-14(2,3)10-6-4-5-7-11(10)16-13(17)12-8-15-9-18-12/h4-9H,1-3H3,(H,16,17). The quantitative estimate of drug-likeness (QED) is 0.882. The summed E-state index contributed by atoms with van der Waals surface area (Å²) in [6.45, 7) is 6.31. The molecule has 0 aliphatic heterocycles. The van der Waals surface area contributed by atoms with E-state index in [0.717, 1.165) is 11.3 Å². The summed E-state index contributed by atoms with van der Waals surface area (Å²) in [4.78, 5) is 15.6. The first kappa shape index (κ1) is 12.4. The van der Waals surface area contributed by atoms with Crippen molar-refractivity contribution in [1.82, 2.24) is 4.98 Å². The molecule has 1 amide bonds. The number of para-hydroxylation sites is 1. The van der Waals surface area contributed by atoms with Crippen molar-refractivity contribution in [3.63, 3.8) is 0 Å². The van der Waals surface area contributed by atoms with E-state index in [2.05, 4.69) is 31.1 Å². The number of oxazole rings is 1. The predicted molar refractivity (Wildman–Crippen MR) is 69.6 cm³/mol. The molecule has 2 aromatic rings. The molecule has 94 valence electrons. The van der Waals surface area contributed by atoms with Gasteiger partial charge in [0.1, 0.15) is 0 Å². The zero-order valence-corrected chi connectivity index (χ0v) is 10.7. The van der Waals surface area contributed by atoms with Crippen molar-refractivity contribution in [3.8, 4) is 0 Å². The van der Waals surface area contributed by atoms with Crippen LogP contribution >= 0.6 is 0 Å². The summed E-state index contributed by atoms with van der Waals surface area (Å²) >= 11 is 0. The second-order valence-electron chi connectivity index (χ2n) is 5.12. The van der Waals surface area contributed by atoms with Gasteiger partial charge < -0.3 is 9.73 Å². The zero-order valence-electron chi connectivity index (χ0n) is 10.7. The third-order valence-corrected chi connectivity index (χ3v) is 2.64. The summed E-state index contributed by atoms with van der Waals surface area (Å²) < 4.78 is 4.97. The molecule has 1 heterocycles. The fraction of sp³-hybridized carbons (Fsp3) is 0.286. The van der Waals surface area contributed by atoms with Crippen LogP contribution in [0.2, 0.25) is 0 Å². The molecule has 1 aromatic heterocycles. The maximum absolute atomic E-state index is 11.9. The van der Waals surface area contributed by atoms with Gasteiger partial charge in [-0.25, -0.2) is 4.98 Å². The molecule has 0 atom stereocenters. The highest BCUT2D eigenvalue weighted by Gasteiger charge is 2.19. The first-order chi connectivity index (χ1) is 8.48. The van der Waals surface area contributed by atoms with E-state index < -0.39 is 0 Å². The molecule has 0 radical (unpaired) electrons. The Labute approximate surface area is 106 Å². The molecule has 0 saturated heterocycles. The maximum Gasteiger partial charge on any atom is 0.293 e. The number of carbonyl (C=O) groups excluding carboxylic acids is 1. The molecule has 0 fully saturated rings. The highest BCUT2D eigenvalue weighted by Crippen LogP contribution is 2.29. The Balaban J connectivity index is 2.27. The van der Waals surface area contributed by atoms with Crippen LogP contribution in [0, 0.1) is 0 Å². The van der Waals surface area contributed by atoms with E-state index in [9.17, 15) is 4.79 Å². The van der Waals surface area contributed by atoms with Gasteiger partial charge in [0.15, 0.2) is 6.39 Å². The molecular weight excluding hydrogens is 228 g/mol. The number of rotatable bonds is 2. The van der Waals surface area contributed by atoms with Crippen molar-refractivity contribution in [2.75, 3.05) is 5.32 Å². The van der Waals surface area contributed by atoms with Gasteiger partial charge in [0, 0.05) is 5.69 Å². The Bertz CT molecular complexity index is 539. The van der Waals surface area contributed by atoms with E-state index in [-0.39, 0.29) is 17.1 Å². The highest BCUT2D eigenvalue weighted by molar-refractivity contribution is 6.02. The van der Waals surface area contributed by atoms with Crippen molar-refractivity contribution >= 4 is 11.6 Å². The van der Waals surface area contributed by atoms with Crippen LogP contribution in [0.25, 0.3) is 0 Å². The Morgan fingerprint density at radius 3 is 2.61 bits per heavy atom. The van der Waals surface area contributed by atoms with E-state index in [0.29, 0.717) is 0 Å². The van der Waals surface area contributed by atoms with Crippen LogP contribution in [-0.2, 0) is 5.41 Å². The van der Waals surface area contributed by atoms with Crippen LogP contribution in [0.1, 0.15) is 36.9 Å². The summed E-state index contributed by atoms with van der Waals surface area (Å²) in [6, 6.07) is 7.75. The number of aromatic nitrogens is 1. The lowest BCUT2D eigenvalue weighted by Gasteiger charge is -2.22. The average Bonchev–Trinajstić information content (AvgIpc) is 2.81. The van der Waals surface area contributed by atoms with Crippen LogP contribution in [0.4, 0.5) is 5.69 Å². The minimum absolute atomic E-state index is 0.0364. The fourth-order valence-corrected chi connectivity index (χ4v) is 1.76. The minimum Gasteiger partial charge on any atom is -0.438 e. The van der Waals surface area contributed by atoms with Crippen LogP contribution in [-0.4, -0.2) is 10.9 Å². The van der Waals surface area contributed by atoms with Gasteiger partial charge in [-0.1, -0.05) is 39.0 Å². The van der Waals surface area contributed by atoms with Crippen molar-refractivity contribution in [2.45, 2.75) is 26.2 Å². The lowest BCUT2D eigenvalue weighted by Crippen LogP contribution is -2.18. The number of nitrogens with zero attached hydrogens (tertiary/aromatic N) is 1. The number of hydrogen-bond donors (Lipinski definition) is 1. The van der Waals surface area contributed by atoms with Gasteiger partial charge in [-0.2, -0.15) is 0 Å². The van der Waals surface area contributed by atoms with Crippen molar-refractivity contribution in [2.24, 2.45) is 0 Å². The topological polar surface area (TPSA) is 55.1 Å². The number of amides is 1. The van der Waals surface area contributed by atoms with Crippen molar-refractivity contribution in [1.29, 1.82) is 0 Å². The van der Waals surface area contributed by atoms with Crippen LogP contribution in [0.3, 0.4) is 0 Å². The molecule has 0 saturated carbocycles.